The van der Waals surface area contributed by atoms with Gasteiger partial charge in [-0.1, -0.05) is 13.3 Å². The number of unbranched alkanes of at least 4 members (excludes halogenated alkanes) is 1. The first-order valence-corrected chi connectivity index (χ1v) is 5.85. The van der Waals surface area contributed by atoms with Crippen LogP contribution in [0.3, 0.4) is 0 Å². The lowest BCUT2D eigenvalue weighted by molar-refractivity contribution is -0.134. The van der Waals surface area contributed by atoms with E-state index in [1.165, 1.54) is 25.3 Å². The molecule has 18 heavy (non-hydrogen) atoms. The van der Waals surface area contributed by atoms with Crippen LogP contribution >= 0.6 is 0 Å². The molecule has 0 aliphatic carbocycles. The molecule has 1 aromatic carbocycles. The van der Waals surface area contributed by atoms with Gasteiger partial charge in [-0.25, -0.2) is 9.18 Å². The number of methoxy groups -OCH3 is 1. The SMILES string of the molecule is CCCCOc1ccc(/C=C/C(=O)OC)c(F)c1. The van der Waals surface area contributed by atoms with Gasteiger partial charge in [-0.05, 0) is 24.6 Å². The summed E-state index contributed by atoms with van der Waals surface area (Å²) in [5, 5.41) is 0. The first kappa shape index (κ1) is 14.2. The second-order valence-corrected chi connectivity index (χ2v) is 3.74. The molecule has 1 rings (SSSR count). The smallest absolute Gasteiger partial charge is 0.330 e. The number of halogens is 1. The Morgan fingerprint density at radius 3 is 2.83 bits per heavy atom. The van der Waals surface area contributed by atoms with E-state index in [0.717, 1.165) is 12.8 Å². The molecule has 0 bridgehead atoms. The van der Waals surface area contributed by atoms with Gasteiger partial charge in [0.1, 0.15) is 11.6 Å². The Labute approximate surface area is 106 Å². The standard InChI is InChI=1S/C14H17FO3/c1-3-4-9-18-12-7-5-11(13(15)10-12)6-8-14(16)17-2/h5-8,10H,3-4,9H2,1-2H3/b8-6+. The first-order chi connectivity index (χ1) is 8.67. The minimum Gasteiger partial charge on any atom is -0.493 e. The van der Waals surface area contributed by atoms with Crippen molar-refractivity contribution in [1.29, 1.82) is 0 Å². The van der Waals surface area contributed by atoms with Gasteiger partial charge < -0.3 is 9.47 Å². The molecule has 0 fully saturated rings. The minimum absolute atomic E-state index is 0.322. The summed E-state index contributed by atoms with van der Waals surface area (Å²) >= 11 is 0. The van der Waals surface area contributed by atoms with Gasteiger partial charge in [0, 0.05) is 17.7 Å². The minimum atomic E-state index is -0.516. The van der Waals surface area contributed by atoms with Crippen LogP contribution in [0.5, 0.6) is 5.75 Å². The van der Waals surface area contributed by atoms with Gasteiger partial charge in [-0.3, -0.25) is 0 Å². The second-order valence-electron chi connectivity index (χ2n) is 3.74. The highest BCUT2D eigenvalue weighted by Gasteiger charge is 2.02. The van der Waals surface area contributed by atoms with Crippen LogP contribution in [-0.4, -0.2) is 19.7 Å². The number of ether oxygens (including phenoxy) is 2. The molecule has 4 heteroatoms. The van der Waals surface area contributed by atoms with Crippen molar-refractivity contribution in [2.24, 2.45) is 0 Å². The Hall–Kier alpha value is -1.84. The van der Waals surface area contributed by atoms with Crippen LogP contribution in [0.4, 0.5) is 4.39 Å². The molecule has 0 radical (unpaired) electrons. The molecular weight excluding hydrogens is 235 g/mol. The summed E-state index contributed by atoms with van der Waals surface area (Å²) in [5.74, 6) is -0.446. The maximum atomic E-state index is 13.6. The predicted molar refractivity (Wildman–Crippen MR) is 67.9 cm³/mol. The van der Waals surface area contributed by atoms with Crippen LogP contribution < -0.4 is 4.74 Å². The number of hydrogen-bond acceptors (Lipinski definition) is 3. The third-order valence-electron chi connectivity index (χ3n) is 2.34. The number of esters is 1. The zero-order valence-electron chi connectivity index (χ0n) is 10.6. The van der Waals surface area contributed by atoms with E-state index in [4.69, 9.17) is 4.74 Å². The summed E-state index contributed by atoms with van der Waals surface area (Å²) in [4.78, 5) is 10.9. The Bertz CT molecular complexity index is 427. The normalized spacial score (nSPS) is 10.6. The van der Waals surface area contributed by atoms with Crippen molar-refractivity contribution in [1.82, 2.24) is 0 Å². The Kier molecular flexibility index (Phi) is 5.91. The molecule has 0 heterocycles. The number of rotatable bonds is 6. The van der Waals surface area contributed by atoms with E-state index in [9.17, 15) is 9.18 Å². The van der Waals surface area contributed by atoms with Crippen molar-refractivity contribution in [3.8, 4) is 5.75 Å². The van der Waals surface area contributed by atoms with Crippen LogP contribution in [0.2, 0.25) is 0 Å². The lowest BCUT2D eigenvalue weighted by Gasteiger charge is -2.06. The van der Waals surface area contributed by atoms with Crippen molar-refractivity contribution in [3.63, 3.8) is 0 Å². The molecule has 1 aromatic rings. The molecule has 0 saturated heterocycles. The summed E-state index contributed by atoms with van der Waals surface area (Å²) in [7, 11) is 1.27. The van der Waals surface area contributed by atoms with Crippen molar-refractivity contribution in [2.75, 3.05) is 13.7 Å². The molecule has 3 nitrogen and oxygen atoms in total. The second kappa shape index (κ2) is 7.48. The van der Waals surface area contributed by atoms with Crippen LogP contribution in [0.25, 0.3) is 6.08 Å². The van der Waals surface area contributed by atoms with E-state index >= 15 is 0 Å². The van der Waals surface area contributed by atoms with Gasteiger partial charge in [0.25, 0.3) is 0 Å². The van der Waals surface area contributed by atoms with E-state index in [-0.39, 0.29) is 0 Å². The maximum Gasteiger partial charge on any atom is 0.330 e. The summed E-state index contributed by atoms with van der Waals surface area (Å²) < 4.78 is 23.4. The largest absolute Gasteiger partial charge is 0.493 e. The van der Waals surface area contributed by atoms with Gasteiger partial charge >= 0.3 is 5.97 Å². The molecule has 0 amide bonds. The Morgan fingerprint density at radius 2 is 2.22 bits per heavy atom. The zero-order valence-corrected chi connectivity index (χ0v) is 10.6. The first-order valence-electron chi connectivity index (χ1n) is 5.85. The number of carbonyl (C=O) groups excluding carboxylic acids is 1. The van der Waals surface area contributed by atoms with Crippen molar-refractivity contribution < 1.29 is 18.7 Å². The highest BCUT2D eigenvalue weighted by molar-refractivity contribution is 5.86. The Balaban J connectivity index is 2.67. The third-order valence-corrected chi connectivity index (χ3v) is 2.34. The quantitative estimate of drug-likeness (QED) is 0.443. The van der Waals surface area contributed by atoms with Crippen LogP contribution in [-0.2, 0) is 9.53 Å². The molecule has 0 N–H and O–H groups in total. The molecule has 0 saturated carbocycles. The fourth-order valence-electron chi connectivity index (χ4n) is 1.29. The molecule has 0 spiro atoms. The highest BCUT2D eigenvalue weighted by atomic mass is 19.1. The zero-order chi connectivity index (χ0) is 13.4. The molecular formula is C14H17FO3. The van der Waals surface area contributed by atoms with E-state index in [1.54, 1.807) is 12.1 Å². The number of hydrogen-bond donors (Lipinski definition) is 0. The van der Waals surface area contributed by atoms with Crippen LogP contribution in [0.1, 0.15) is 25.3 Å². The monoisotopic (exact) mass is 252 g/mol. The summed E-state index contributed by atoms with van der Waals surface area (Å²) in [6, 6.07) is 4.55. The number of benzene rings is 1. The summed E-state index contributed by atoms with van der Waals surface area (Å²) in [5.41, 5.74) is 0.322. The van der Waals surface area contributed by atoms with Gasteiger partial charge in [0.05, 0.1) is 13.7 Å². The highest BCUT2D eigenvalue weighted by Crippen LogP contribution is 2.18. The molecule has 98 valence electrons. The van der Waals surface area contributed by atoms with Crippen molar-refractivity contribution in [2.45, 2.75) is 19.8 Å². The Morgan fingerprint density at radius 1 is 1.44 bits per heavy atom. The van der Waals surface area contributed by atoms with Crippen LogP contribution in [0, 0.1) is 5.82 Å². The molecule has 0 aliphatic rings. The maximum absolute atomic E-state index is 13.6. The van der Waals surface area contributed by atoms with E-state index in [1.807, 2.05) is 0 Å². The lowest BCUT2D eigenvalue weighted by atomic mass is 10.2. The van der Waals surface area contributed by atoms with Gasteiger partial charge in [0.2, 0.25) is 0 Å². The molecule has 0 unspecified atom stereocenters. The summed E-state index contributed by atoms with van der Waals surface area (Å²) in [6.07, 6.45) is 4.51. The average Bonchev–Trinajstić information content (AvgIpc) is 2.37. The fourth-order valence-corrected chi connectivity index (χ4v) is 1.29. The molecule has 0 aromatic heterocycles. The van der Waals surface area contributed by atoms with Gasteiger partial charge in [-0.15, -0.1) is 0 Å². The number of carbonyl (C=O) groups is 1. The van der Waals surface area contributed by atoms with Gasteiger partial charge in [0.15, 0.2) is 0 Å². The van der Waals surface area contributed by atoms with E-state index < -0.39 is 11.8 Å². The van der Waals surface area contributed by atoms with E-state index in [0.29, 0.717) is 17.9 Å². The summed E-state index contributed by atoms with van der Waals surface area (Å²) in [6.45, 7) is 2.64. The van der Waals surface area contributed by atoms with E-state index in [2.05, 4.69) is 11.7 Å². The predicted octanol–water partition coefficient (Wildman–Crippen LogP) is 3.19. The third kappa shape index (κ3) is 4.57. The van der Waals surface area contributed by atoms with Crippen LogP contribution in [0.15, 0.2) is 24.3 Å². The molecule has 0 aliphatic heterocycles. The fraction of sp³-hybridized carbons (Fsp3) is 0.357. The lowest BCUT2D eigenvalue weighted by Crippen LogP contribution is -1.97. The van der Waals surface area contributed by atoms with Gasteiger partial charge in [-0.2, -0.15) is 0 Å². The molecule has 0 atom stereocenters. The van der Waals surface area contributed by atoms with Crippen molar-refractivity contribution >= 4 is 12.0 Å². The van der Waals surface area contributed by atoms with Crippen molar-refractivity contribution in [3.05, 3.63) is 35.7 Å². The average molecular weight is 252 g/mol. The topological polar surface area (TPSA) is 35.5 Å².